The van der Waals surface area contributed by atoms with E-state index in [0.29, 0.717) is 27.6 Å². The van der Waals surface area contributed by atoms with E-state index in [-0.39, 0.29) is 33.1 Å². The number of hydrogen-bond acceptors (Lipinski definition) is 5. The summed E-state index contributed by atoms with van der Waals surface area (Å²) < 4.78 is 41.4. The highest BCUT2D eigenvalue weighted by molar-refractivity contribution is 6.39. The van der Waals surface area contributed by atoms with Crippen LogP contribution in [-0.2, 0) is 6.18 Å². The Morgan fingerprint density at radius 2 is 1.97 bits per heavy atom. The summed E-state index contributed by atoms with van der Waals surface area (Å²) in [6, 6.07) is 4.98. The van der Waals surface area contributed by atoms with Crippen LogP contribution in [0.25, 0.3) is 16.7 Å². The molecule has 2 saturated carbocycles. The molecule has 3 N–H and O–H groups in total. The van der Waals surface area contributed by atoms with Gasteiger partial charge >= 0.3 is 6.18 Å². The fourth-order valence-corrected chi connectivity index (χ4v) is 4.93. The molecule has 2 fully saturated rings. The average Bonchev–Trinajstić information content (AvgIpc) is 3.76. The molecular formula is C24H18BClF3N7O2. The number of amides is 2. The topological polar surface area (TPSA) is 118 Å². The standard InChI is InChI=1S/C24H18BClF3N7O2/c25-13-8-11-10-31-34-18(11)17(22(38)33-23(5-6-23)12-3-4-12)19(13)32-21(37)15-9-16(24(27,28)29)35-36(15)20-14(26)2-1-7-30-20/h1-2,7-10,12H,3-6H2,(H,31,34)(H,32,37)(H,33,38). The Kier molecular flexibility index (Phi) is 5.53. The fourth-order valence-electron chi connectivity index (χ4n) is 4.72. The molecule has 0 bridgehead atoms. The van der Waals surface area contributed by atoms with Crippen LogP contribution in [-0.4, -0.2) is 50.2 Å². The van der Waals surface area contributed by atoms with Gasteiger partial charge in [-0.2, -0.15) is 23.4 Å². The highest BCUT2D eigenvalue weighted by atomic mass is 35.5. The molecule has 0 spiro atoms. The van der Waals surface area contributed by atoms with Crippen molar-refractivity contribution >= 4 is 53.3 Å². The maximum Gasteiger partial charge on any atom is 0.435 e. The number of alkyl halides is 3. The Morgan fingerprint density at radius 3 is 2.63 bits per heavy atom. The Labute approximate surface area is 219 Å². The molecule has 14 heteroatoms. The Balaban J connectivity index is 1.42. The fraction of sp³-hybridized carbons (Fsp3) is 0.292. The third-order valence-electron chi connectivity index (χ3n) is 6.92. The van der Waals surface area contributed by atoms with E-state index >= 15 is 0 Å². The number of benzene rings is 1. The van der Waals surface area contributed by atoms with Crippen LogP contribution < -0.4 is 16.1 Å². The van der Waals surface area contributed by atoms with Crippen molar-refractivity contribution in [3.63, 3.8) is 0 Å². The summed E-state index contributed by atoms with van der Waals surface area (Å²) in [5, 5.41) is 16.4. The molecule has 2 aliphatic rings. The van der Waals surface area contributed by atoms with Crippen LogP contribution in [0.2, 0.25) is 5.02 Å². The molecule has 1 aromatic carbocycles. The van der Waals surface area contributed by atoms with Crippen LogP contribution in [0.4, 0.5) is 18.9 Å². The minimum atomic E-state index is -4.85. The van der Waals surface area contributed by atoms with E-state index in [1.165, 1.54) is 30.6 Å². The van der Waals surface area contributed by atoms with E-state index in [1.54, 1.807) is 0 Å². The van der Waals surface area contributed by atoms with Crippen molar-refractivity contribution in [3.8, 4) is 5.82 Å². The molecule has 0 unspecified atom stereocenters. The van der Waals surface area contributed by atoms with Gasteiger partial charge in [0.25, 0.3) is 11.8 Å². The van der Waals surface area contributed by atoms with Gasteiger partial charge in [0.1, 0.15) is 13.5 Å². The smallest absolute Gasteiger partial charge is 0.346 e. The molecule has 2 radical (unpaired) electrons. The van der Waals surface area contributed by atoms with E-state index in [1.807, 2.05) is 0 Å². The van der Waals surface area contributed by atoms with Gasteiger partial charge in [-0.15, -0.1) is 0 Å². The second-order valence-corrected chi connectivity index (χ2v) is 9.93. The Hall–Kier alpha value is -3.87. The highest BCUT2D eigenvalue weighted by Crippen LogP contribution is 2.53. The quantitative estimate of drug-likeness (QED) is 0.324. The molecule has 6 rings (SSSR count). The monoisotopic (exact) mass is 539 g/mol. The van der Waals surface area contributed by atoms with Gasteiger partial charge in [0.05, 0.1) is 22.3 Å². The van der Waals surface area contributed by atoms with Gasteiger partial charge in [-0.25, -0.2) is 9.67 Å². The van der Waals surface area contributed by atoms with E-state index in [0.717, 1.165) is 25.7 Å². The van der Waals surface area contributed by atoms with Gasteiger partial charge in [-0.3, -0.25) is 14.7 Å². The second-order valence-electron chi connectivity index (χ2n) is 9.52. The number of H-pyrrole nitrogens is 1. The number of aromatic amines is 1. The first-order valence-corrected chi connectivity index (χ1v) is 12.1. The molecule has 2 aliphatic carbocycles. The number of fused-ring (bicyclic) bond motifs is 1. The predicted octanol–water partition coefficient (Wildman–Crippen LogP) is 3.53. The van der Waals surface area contributed by atoms with Crippen LogP contribution in [0.1, 0.15) is 52.2 Å². The summed E-state index contributed by atoms with van der Waals surface area (Å²) in [5.74, 6) is -1.24. The molecule has 38 heavy (non-hydrogen) atoms. The van der Waals surface area contributed by atoms with Crippen molar-refractivity contribution in [2.24, 2.45) is 5.92 Å². The molecule has 4 aromatic rings. The average molecular weight is 540 g/mol. The van der Waals surface area contributed by atoms with E-state index in [4.69, 9.17) is 19.4 Å². The number of hydrogen-bond donors (Lipinski definition) is 3. The molecule has 3 heterocycles. The molecule has 0 aliphatic heterocycles. The number of halogens is 4. The van der Waals surface area contributed by atoms with Gasteiger partial charge in [-0.1, -0.05) is 23.1 Å². The predicted molar refractivity (Wildman–Crippen MR) is 133 cm³/mol. The van der Waals surface area contributed by atoms with E-state index in [2.05, 4.69) is 30.9 Å². The number of rotatable bonds is 6. The lowest BCUT2D eigenvalue weighted by atomic mass is 9.89. The van der Waals surface area contributed by atoms with Crippen LogP contribution in [0, 0.1) is 5.92 Å². The first-order valence-electron chi connectivity index (χ1n) is 11.7. The van der Waals surface area contributed by atoms with Gasteiger partial charge in [0.15, 0.2) is 11.5 Å². The summed E-state index contributed by atoms with van der Waals surface area (Å²) in [7, 11) is 6.24. The number of carbonyl (C=O) groups is 2. The molecule has 2 amide bonds. The molecule has 0 saturated heterocycles. The summed E-state index contributed by atoms with van der Waals surface area (Å²) in [5.41, 5.74) is -1.78. The van der Waals surface area contributed by atoms with Gasteiger partial charge in [-0.05, 0) is 43.7 Å². The molecule has 192 valence electrons. The van der Waals surface area contributed by atoms with E-state index < -0.39 is 29.4 Å². The van der Waals surface area contributed by atoms with Gasteiger partial charge < -0.3 is 10.6 Å². The van der Waals surface area contributed by atoms with Crippen molar-refractivity contribution in [2.75, 3.05) is 5.32 Å². The molecule has 3 aromatic heterocycles. The van der Waals surface area contributed by atoms with Crippen molar-refractivity contribution in [3.05, 3.63) is 58.6 Å². The number of carbonyl (C=O) groups excluding carboxylic acids is 2. The molecule has 9 nitrogen and oxygen atoms in total. The number of aromatic nitrogens is 5. The number of pyridine rings is 1. The normalized spacial score (nSPS) is 16.4. The number of anilines is 1. The lowest BCUT2D eigenvalue weighted by molar-refractivity contribution is -0.141. The van der Waals surface area contributed by atoms with Crippen LogP contribution >= 0.6 is 11.6 Å². The van der Waals surface area contributed by atoms with Gasteiger partial charge in [0.2, 0.25) is 0 Å². The summed E-state index contributed by atoms with van der Waals surface area (Å²) in [6.07, 6.45) is 1.70. The van der Waals surface area contributed by atoms with Crippen molar-refractivity contribution in [2.45, 2.75) is 37.4 Å². The van der Waals surface area contributed by atoms with Crippen LogP contribution in [0.15, 0.2) is 36.7 Å². The minimum absolute atomic E-state index is 0.0216. The zero-order chi connectivity index (χ0) is 26.8. The summed E-state index contributed by atoms with van der Waals surface area (Å²) in [4.78, 5) is 31.0. The summed E-state index contributed by atoms with van der Waals surface area (Å²) >= 11 is 6.14. The summed E-state index contributed by atoms with van der Waals surface area (Å²) in [6.45, 7) is 0. The van der Waals surface area contributed by atoms with E-state index in [9.17, 15) is 22.8 Å². The third kappa shape index (κ3) is 4.20. The van der Waals surface area contributed by atoms with Crippen molar-refractivity contribution in [1.82, 2.24) is 30.3 Å². The Bertz CT molecular complexity index is 1610. The maximum atomic E-state index is 13.5. The van der Waals surface area contributed by atoms with Crippen LogP contribution in [0.5, 0.6) is 0 Å². The lowest BCUT2D eigenvalue weighted by Crippen LogP contribution is -2.39. The van der Waals surface area contributed by atoms with Crippen molar-refractivity contribution < 1.29 is 22.8 Å². The van der Waals surface area contributed by atoms with Gasteiger partial charge in [0, 0.05) is 28.9 Å². The molecule has 0 atom stereocenters. The Morgan fingerprint density at radius 1 is 1.21 bits per heavy atom. The maximum absolute atomic E-state index is 13.5. The number of nitrogens with zero attached hydrogens (tertiary/aromatic N) is 4. The first kappa shape index (κ1) is 24.5. The highest BCUT2D eigenvalue weighted by Gasteiger charge is 2.55. The zero-order valence-corrected chi connectivity index (χ0v) is 20.3. The number of nitrogens with one attached hydrogen (secondary N) is 3. The SMILES string of the molecule is [B]c1cc2cn[nH]c2c(C(=O)NC2(C3CC3)CC2)c1NC(=O)c1cc(C(F)(F)F)nn1-c1ncccc1Cl. The van der Waals surface area contributed by atoms with Crippen molar-refractivity contribution in [1.29, 1.82) is 0 Å². The molecular weight excluding hydrogens is 522 g/mol. The zero-order valence-electron chi connectivity index (χ0n) is 19.6. The largest absolute Gasteiger partial charge is 0.435 e. The van der Waals surface area contributed by atoms with Crippen LogP contribution in [0.3, 0.4) is 0 Å². The second kappa shape index (κ2) is 8.58. The lowest BCUT2D eigenvalue weighted by Gasteiger charge is -2.20. The minimum Gasteiger partial charge on any atom is -0.346 e. The first-order chi connectivity index (χ1) is 18.1. The third-order valence-corrected chi connectivity index (χ3v) is 7.21.